The number of hydrogen-bond acceptors (Lipinski definition) is 3. The predicted molar refractivity (Wildman–Crippen MR) is 114 cm³/mol. The molecule has 0 unspecified atom stereocenters. The topological polar surface area (TPSA) is 58.5 Å². The largest absolute Gasteiger partial charge is 0.416 e. The number of fused-ring (bicyclic) bond motifs is 1. The van der Waals surface area contributed by atoms with Gasteiger partial charge in [-0.15, -0.1) is 0 Å². The van der Waals surface area contributed by atoms with Crippen molar-refractivity contribution in [1.82, 2.24) is 0 Å². The zero-order chi connectivity index (χ0) is 22.2. The van der Waals surface area contributed by atoms with Gasteiger partial charge in [-0.05, 0) is 54.4 Å². The van der Waals surface area contributed by atoms with Crippen LogP contribution in [0, 0.1) is 0 Å². The first-order valence-electron chi connectivity index (χ1n) is 9.27. The molecule has 31 heavy (non-hydrogen) atoms. The highest BCUT2D eigenvalue weighted by molar-refractivity contribution is 7.92. The Morgan fingerprint density at radius 1 is 0.968 bits per heavy atom. The lowest BCUT2D eigenvalue weighted by Crippen LogP contribution is -2.16. The summed E-state index contributed by atoms with van der Waals surface area (Å²) in [4.78, 5) is 4.11. The lowest BCUT2D eigenvalue weighted by atomic mass is 9.93. The minimum Gasteiger partial charge on any atom is -0.284 e. The minimum absolute atomic E-state index is 0.221. The van der Waals surface area contributed by atoms with E-state index in [4.69, 9.17) is 11.6 Å². The third-order valence-electron chi connectivity index (χ3n) is 4.83. The second-order valence-electron chi connectivity index (χ2n) is 6.99. The molecule has 3 aromatic carbocycles. The first-order chi connectivity index (χ1) is 14.6. The van der Waals surface area contributed by atoms with Gasteiger partial charge < -0.3 is 0 Å². The van der Waals surface area contributed by atoms with Crippen LogP contribution in [-0.2, 0) is 22.6 Å². The molecule has 160 valence electrons. The Hall–Kier alpha value is -2.84. The molecule has 9 heteroatoms. The van der Waals surface area contributed by atoms with Gasteiger partial charge in [-0.1, -0.05) is 35.9 Å². The molecule has 4 rings (SSSR count). The molecule has 1 N–H and O–H groups in total. The van der Waals surface area contributed by atoms with Crippen molar-refractivity contribution < 1.29 is 21.6 Å². The van der Waals surface area contributed by atoms with Crippen LogP contribution in [0.4, 0.5) is 18.9 Å². The Morgan fingerprint density at radius 3 is 2.52 bits per heavy atom. The molecular formula is C22H16ClF3N2O2S. The van der Waals surface area contributed by atoms with E-state index in [2.05, 4.69) is 9.71 Å². The monoisotopic (exact) mass is 464 g/mol. The van der Waals surface area contributed by atoms with Gasteiger partial charge in [-0.25, -0.2) is 8.42 Å². The number of hydrogen-bond donors (Lipinski definition) is 1. The first kappa shape index (κ1) is 21.4. The van der Waals surface area contributed by atoms with Crippen molar-refractivity contribution in [2.45, 2.75) is 17.5 Å². The van der Waals surface area contributed by atoms with Crippen LogP contribution in [0.25, 0.3) is 0 Å². The fourth-order valence-electron chi connectivity index (χ4n) is 3.40. The van der Waals surface area contributed by atoms with Crippen molar-refractivity contribution in [3.05, 3.63) is 94.0 Å². The van der Waals surface area contributed by atoms with Crippen molar-refractivity contribution in [3.8, 4) is 0 Å². The lowest BCUT2D eigenvalue weighted by Gasteiger charge is -2.18. The van der Waals surface area contributed by atoms with E-state index in [1.54, 1.807) is 24.3 Å². The molecule has 0 spiro atoms. The van der Waals surface area contributed by atoms with E-state index in [0.717, 1.165) is 35.7 Å². The van der Waals surface area contributed by atoms with E-state index in [0.29, 0.717) is 28.9 Å². The minimum atomic E-state index is -4.64. The van der Waals surface area contributed by atoms with Gasteiger partial charge in [0.1, 0.15) is 0 Å². The number of sulfonamides is 1. The molecule has 0 radical (unpaired) electrons. The van der Waals surface area contributed by atoms with Gasteiger partial charge in [0, 0.05) is 28.4 Å². The maximum absolute atomic E-state index is 13.0. The third kappa shape index (κ3) is 4.60. The highest BCUT2D eigenvalue weighted by Crippen LogP contribution is 2.31. The average Bonchev–Trinajstić information content (AvgIpc) is 2.72. The fourth-order valence-corrected chi connectivity index (χ4v) is 4.69. The number of alkyl halides is 3. The number of benzene rings is 3. The van der Waals surface area contributed by atoms with Crippen LogP contribution < -0.4 is 4.72 Å². The van der Waals surface area contributed by atoms with E-state index in [-0.39, 0.29) is 5.69 Å². The van der Waals surface area contributed by atoms with E-state index >= 15 is 0 Å². The van der Waals surface area contributed by atoms with Crippen LogP contribution in [-0.4, -0.2) is 20.7 Å². The Kier molecular flexibility index (Phi) is 5.53. The van der Waals surface area contributed by atoms with Gasteiger partial charge in [-0.3, -0.25) is 9.71 Å². The van der Waals surface area contributed by atoms with E-state index in [1.165, 1.54) is 6.07 Å². The number of nitrogens with zero attached hydrogens (tertiary/aromatic N) is 1. The van der Waals surface area contributed by atoms with Crippen LogP contribution in [0.3, 0.4) is 0 Å². The van der Waals surface area contributed by atoms with Gasteiger partial charge in [-0.2, -0.15) is 13.2 Å². The Balaban J connectivity index is 1.65. The fraction of sp³-hybridized carbons (Fsp3) is 0.136. The Bertz CT molecular complexity index is 1290. The zero-order valence-corrected chi connectivity index (χ0v) is 17.5. The summed E-state index contributed by atoms with van der Waals surface area (Å²) in [6.07, 6.45) is -3.89. The number of rotatable bonds is 4. The molecule has 0 saturated carbocycles. The maximum atomic E-state index is 13.0. The summed E-state index contributed by atoms with van der Waals surface area (Å²) in [6, 6.07) is 15.7. The van der Waals surface area contributed by atoms with Crippen LogP contribution in [0.2, 0.25) is 5.02 Å². The zero-order valence-electron chi connectivity index (χ0n) is 15.9. The van der Waals surface area contributed by atoms with Crippen LogP contribution in [0.1, 0.15) is 22.3 Å². The number of nitrogens with one attached hydrogen (secondary N) is 1. The first-order valence-corrected chi connectivity index (χ1v) is 11.1. The molecule has 0 saturated heterocycles. The van der Waals surface area contributed by atoms with Gasteiger partial charge in [0.05, 0.1) is 16.2 Å². The van der Waals surface area contributed by atoms with Gasteiger partial charge in [0.2, 0.25) is 0 Å². The number of aliphatic imine (C=N–C) groups is 1. The lowest BCUT2D eigenvalue weighted by molar-refractivity contribution is -0.137. The van der Waals surface area contributed by atoms with Gasteiger partial charge >= 0.3 is 6.18 Å². The highest BCUT2D eigenvalue weighted by Gasteiger charge is 2.31. The van der Waals surface area contributed by atoms with Gasteiger partial charge in [0.25, 0.3) is 10.0 Å². The Labute approximate surface area is 182 Å². The molecule has 0 atom stereocenters. The molecule has 3 aromatic rings. The SMILES string of the molecule is O=S(=O)(Nc1cccc(C2=NCCc3cc(Cl)ccc32)c1)c1cccc(C(F)(F)F)c1. The van der Waals surface area contributed by atoms with Crippen molar-refractivity contribution in [2.75, 3.05) is 11.3 Å². The molecule has 0 aliphatic carbocycles. The van der Waals surface area contributed by atoms with E-state index in [1.807, 2.05) is 12.1 Å². The molecule has 0 aromatic heterocycles. The second kappa shape index (κ2) is 8.01. The average molecular weight is 465 g/mol. The van der Waals surface area contributed by atoms with Crippen molar-refractivity contribution in [3.63, 3.8) is 0 Å². The van der Waals surface area contributed by atoms with E-state index in [9.17, 15) is 21.6 Å². The quantitative estimate of drug-likeness (QED) is 0.550. The molecule has 1 aliphatic heterocycles. The second-order valence-corrected chi connectivity index (χ2v) is 9.11. The number of anilines is 1. The molecule has 0 bridgehead atoms. The Morgan fingerprint density at radius 2 is 1.74 bits per heavy atom. The van der Waals surface area contributed by atoms with Crippen LogP contribution in [0.15, 0.2) is 76.6 Å². The smallest absolute Gasteiger partial charge is 0.284 e. The standard InChI is InChI=1S/C22H16ClF3N2O2S/c23-17-7-8-20-14(11-17)9-10-27-21(20)15-3-1-5-18(12-15)28-31(29,30)19-6-2-4-16(13-19)22(24,25)26/h1-8,11-13,28H,9-10H2. The summed E-state index contributed by atoms with van der Waals surface area (Å²) in [7, 11) is -4.22. The summed E-state index contributed by atoms with van der Waals surface area (Å²) in [5.41, 5.74) is 2.54. The van der Waals surface area contributed by atoms with Crippen LogP contribution in [0.5, 0.6) is 0 Å². The van der Waals surface area contributed by atoms with Crippen LogP contribution >= 0.6 is 11.6 Å². The molecule has 0 amide bonds. The van der Waals surface area contributed by atoms with Gasteiger partial charge in [0.15, 0.2) is 0 Å². The predicted octanol–water partition coefficient (Wildman–Crippen LogP) is 5.55. The third-order valence-corrected chi connectivity index (χ3v) is 6.45. The van der Waals surface area contributed by atoms with Crippen molar-refractivity contribution in [2.24, 2.45) is 4.99 Å². The summed E-state index contributed by atoms with van der Waals surface area (Å²) < 4.78 is 66.6. The summed E-state index contributed by atoms with van der Waals surface area (Å²) >= 11 is 6.08. The molecule has 4 nitrogen and oxygen atoms in total. The molecular weight excluding hydrogens is 449 g/mol. The maximum Gasteiger partial charge on any atom is 0.416 e. The molecule has 0 fully saturated rings. The van der Waals surface area contributed by atoms with Crippen molar-refractivity contribution >= 4 is 33.0 Å². The summed E-state index contributed by atoms with van der Waals surface area (Å²) in [6.45, 7) is 0.572. The van der Waals surface area contributed by atoms with E-state index < -0.39 is 26.7 Å². The molecule has 1 aliphatic rings. The normalized spacial score (nSPS) is 14.0. The highest BCUT2D eigenvalue weighted by atomic mass is 35.5. The summed E-state index contributed by atoms with van der Waals surface area (Å²) in [5, 5.41) is 0.627. The number of halogens is 4. The van der Waals surface area contributed by atoms with Crippen molar-refractivity contribution in [1.29, 1.82) is 0 Å². The summed E-state index contributed by atoms with van der Waals surface area (Å²) in [5.74, 6) is 0. The molecule has 1 heterocycles.